The van der Waals surface area contributed by atoms with E-state index in [2.05, 4.69) is 5.32 Å². The maximum Gasteiger partial charge on any atom is 0.178 e. The molecule has 1 aliphatic carbocycles. The van der Waals surface area contributed by atoms with Crippen molar-refractivity contribution in [1.29, 1.82) is 0 Å². The molecule has 1 heterocycles. The van der Waals surface area contributed by atoms with Crippen molar-refractivity contribution in [2.75, 3.05) is 11.9 Å². The van der Waals surface area contributed by atoms with Crippen LogP contribution in [0.5, 0.6) is 0 Å². The standard InChI is InChI=1S/C19H23NO7/c1-8-13(23)6-10-5-11(3-4-12(10)15(8)9(2)22)20-16-18(25)17(24)14(7-21)27-19(16)26/h3-5,14,16-21,24-26H,6-7H2,1-2H3/t14?,16?,17-,18-,19?/m1/s1. The fourth-order valence-electron chi connectivity index (χ4n) is 3.62. The number of hydrogen-bond donors (Lipinski definition) is 5. The first kappa shape index (κ1) is 19.7. The van der Waals surface area contributed by atoms with Gasteiger partial charge in [0.2, 0.25) is 0 Å². The summed E-state index contributed by atoms with van der Waals surface area (Å²) in [6.07, 6.45) is -5.13. The van der Waals surface area contributed by atoms with E-state index >= 15 is 0 Å². The second-order valence-corrected chi connectivity index (χ2v) is 6.93. The minimum atomic E-state index is -1.45. The van der Waals surface area contributed by atoms with Crippen LogP contribution in [0.1, 0.15) is 25.0 Å². The van der Waals surface area contributed by atoms with Crippen molar-refractivity contribution in [2.24, 2.45) is 0 Å². The number of allylic oxidation sites excluding steroid dienone is 2. The van der Waals surface area contributed by atoms with Gasteiger partial charge < -0.3 is 30.5 Å². The summed E-state index contributed by atoms with van der Waals surface area (Å²) in [5, 5.41) is 42.3. The molecule has 146 valence electrons. The summed E-state index contributed by atoms with van der Waals surface area (Å²) >= 11 is 0. The molecule has 1 saturated heterocycles. The summed E-state index contributed by atoms with van der Waals surface area (Å²) in [6, 6.07) is 4.01. The van der Waals surface area contributed by atoms with Crippen LogP contribution in [-0.2, 0) is 20.7 Å². The molecule has 8 heteroatoms. The van der Waals surface area contributed by atoms with Gasteiger partial charge in [0.25, 0.3) is 0 Å². The van der Waals surface area contributed by atoms with Gasteiger partial charge in [-0.1, -0.05) is 6.07 Å². The average molecular weight is 377 g/mol. The lowest BCUT2D eigenvalue weighted by atomic mass is 9.83. The summed E-state index contributed by atoms with van der Waals surface area (Å²) < 4.78 is 5.12. The Balaban J connectivity index is 1.88. The molecule has 2 aliphatic rings. The lowest BCUT2D eigenvalue weighted by Crippen LogP contribution is -2.61. The molecule has 0 saturated carbocycles. The topological polar surface area (TPSA) is 136 Å². The summed E-state index contributed by atoms with van der Waals surface area (Å²) in [4.78, 5) is 24.1. The maximum atomic E-state index is 12.2. The summed E-state index contributed by atoms with van der Waals surface area (Å²) in [7, 11) is 0. The molecular weight excluding hydrogens is 354 g/mol. The van der Waals surface area contributed by atoms with E-state index in [-0.39, 0.29) is 18.0 Å². The Kier molecular flexibility index (Phi) is 5.45. The number of hydrogen-bond acceptors (Lipinski definition) is 8. The zero-order valence-electron chi connectivity index (χ0n) is 15.0. The third kappa shape index (κ3) is 3.54. The number of fused-ring (bicyclic) bond motifs is 1. The normalized spacial score (nSPS) is 30.9. The SMILES string of the molecule is CC(=O)C1=C(C)C(=O)Cc2cc(NC3C(O)OC(CO)[C@@H](O)[C@@H]3O)ccc21. The molecule has 0 bridgehead atoms. The fraction of sp³-hybridized carbons (Fsp3) is 0.474. The first-order valence-corrected chi connectivity index (χ1v) is 8.70. The number of aliphatic hydroxyl groups excluding tert-OH is 4. The van der Waals surface area contributed by atoms with Gasteiger partial charge in [-0.05, 0) is 37.1 Å². The monoisotopic (exact) mass is 377 g/mol. The third-order valence-corrected chi connectivity index (χ3v) is 5.10. The van der Waals surface area contributed by atoms with Crippen molar-refractivity contribution in [3.05, 3.63) is 34.9 Å². The highest BCUT2D eigenvalue weighted by Gasteiger charge is 2.43. The molecule has 3 unspecified atom stereocenters. The number of aliphatic hydroxyl groups is 4. The second-order valence-electron chi connectivity index (χ2n) is 6.93. The molecule has 0 amide bonds. The Morgan fingerprint density at radius 1 is 1.26 bits per heavy atom. The first-order chi connectivity index (χ1) is 12.7. The first-order valence-electron chi connectivity index (χ1n) is 8.70. The molecule has 3 rings (SSSR count). The number of carbonyl (C=O) groups is 2. The van der Waals surface area contributed by atoms with Crippen LogP contribution in [-0.4, -0.2) is 69.2 Å². The largest absolute Gasteiger partial charge is 0.394 e. The fourth-order valence-corrected chi connectivity index (χ4v) is 3.62. The molecular formula is C19H23NO7. The molecule has 1 fully saturated rings. The van der Waals surface area contributed by atoms with E-state index in [1.807, 2.05) is 0 Å². The number of ketones is 2. The summed E-state index contributed by atoms with van der Waals surface area (Å²) in [6.45, 7) is 2.51. The average Bonchev–Trinajstić information content (AvgIpc) is 2.62. The van der Waals surface area contributed by atoms with Gasteiger partial charge in [-0.15, -0.1) is 0 Å². The summed E-state index contributed by atoms with van der Waals surface area (Å²) in [5.41, 5.74) is 2.68. The highest BCUT2D eigenvalue weighted by molar-refractivity contribution is 6.28. The van der Waals surface area contributed by atoms with Crippen molar-refractivity contribution in [2.45, 2.75) is 50.9 Å². The molecule has 1 aliphatic heterocycles. The summed E-state index contributed by atoms with van der Waals surface area (Å²) in [5.74, 6) is -0.320. The van der Waals surface area contributed by atoms with Crippen LogP contribution in [0, 0.1) is 0 Å². The Bertz CT molecular complexity index is 803. The smallest absolute Gasteiger partial charge is 0.178 e. The number of rotatable bonds is 4. The van der Waals surface area contributed by atoms with Crippen LogP contribution in [0.25, 0.3) is 5.57 Å². The van der Waals surface area contributed by atoms with Gasteiger partial charge in [-0.2, -0.15) is 0 Å². The maximum absolute atomic E-state index is 12.2. The van der Waals surface area contributed by atoms with Gasteiger partial charge in [-0.25, -0.2) is 0 Å². The van der Waals surface area contributed by atoms with E-state index in [0.717, 1.165) is 0 Å². The van der Waals surface area contributed by atoms with Gasteiger partial charge in [0.1, 0.15) is 24.4 Å². The van der Waals surface area contributed by atoms with E-state index < -0.39 is 37.3 Å². The van der Waals surface area contributed by atoms with Crippen LogP contribution in [0.3, 0.4) is 0 Å². The Hall–Kier alpha value is -2.10. The van der Waals surface area contributed by atoms with Crippen LogP contribution < -0.4 is 5.32 Å². The Morgan fingerprint density at radius 3 is 2.59 bits per heavy atom. The highest BCUT2D eigenvalue weighted by Crippen LogP contribution is 2.32. The van der Waals surface area contributed by atoms with E-state index in [9.17, 15) is 24.9 Å². The number of Topliss-reactive ketones (excluding diaryl/α,β-unsaturated/α-hetero) is 2. The van der Waals surface area contributed by atoms with E-state index in [0.29, 0.717) is 28.0 Å². The molecule has 8 nitrogen and oxygen atoms in total. The number of nitrogens with one attached hydrogen (secondary N) is 1. The van der Waals surface area contributed by atoms with Crippen LogP contribution in [0.4, 0.5) is 5.69 Å². The zero-order valence-corrected chi connectivity index (χ0v) is 15.0. The van der Waals surface area contributed by atoms with Crippen molar-refractivity contribution in [3.63, 3.8) is 0 Å². The van der Waals surface area contributed by atoms with Gasteiger partial charge in [0, 0.05) is 23.3 Å². The number of ether oxygens (including phenoxy) is 1. The molecule has 0 spiro atoms. The van der Waals surface area contributed by atoms with Gasteiger partial charge in [0.15, 0.2) is 17.9 Å². The molecule has 1 aromatic carbocycles. The second kappa shape index (κ2) is 7.49. The van der Waals surface area contributed by atoms with Gasteiger partial charge in [0.05, 0.1) is 6.61 Å². The number of carbonyl (C=O) groups excluding carboxylic acids is 2. The molecule has 27 heavy (non-hydrogen) atoms. The van der Waals surface area contributed by atoms with E-state index in [1.165, 1.54) is 6.92 Å². The number of benzene rings is 1. The minimum Gasteiger partial charge on any atom is -0.394 e. The molecule has 1 aromatic rings. The molecule has 5 N–H and O–H groups in total. The lowest BCUT2D eigenvalue weighted by molar-refractivity contribution is -0.245. The van der Waals surface area contributed by atoms with Crippen molar-refractivity contribution in [3.8, 4) is 0 Å². The predicted octanol–water partition coefficient (Wildman–Crippen LogP) is -0.614. The van der Waals surface area contributed by atoms with Gasteiger partial charge >= 0.3 is 0 Å². The van der Waals surface area contributed by atoms with Crippen molar-refractivity contribution >= 4 is 22.8 Å². The Labute approximate surface area is 156 Å². The van der Waals surface area contributed by atoms with E-state index in [4.69, 9.17) is 9.84 Å². The number of anilines is 1. The molecule has 0 radical (unpaired) electrons. The van der Waals surface area contributed by atoms with Gasteiger partial charge in [-0.3, -0.25) is 9.59 Å². The third-order valence-electron chi connectivity index (χ3n) is 5.10. The zero-order chi connectivity index (χ0) is 19.9. The van der Waals surface area contributed by atoms with Crippen molar-refractivity contribution < 1.29 is 34.8 Å². The Morgan fingerprint density at radius 2 is 1.96 bits per heavy atom. The predicted molar refractivity (Wildman–Crippen MR) is 95.8 cm³/mol. The van der Waals surface area contributed by atoms with Crippen LogP contribution in [0.15, 0.2) is 23.8 Å². The molecule has 0 aromatic heterocycles. The van der Waals surface area contributed by atoms with Crippen LogP contribution >= 0.6 is 0 Å². The van der Waals surface area contributed by atoms with Crippen LogP contribution in [0.2, 0.25) is 0 Å². The van der Waals surface area contributed by atoms with Crippen molar-refractivity contribution in [1.82, 2.24) is 0 Å². The quantitative estimate of drug-likeness (QED) is 0.469. The highest BCUT2D eigenvalue weighted by atomic mass is 16.6. The molecule has 5 atom stereocenters. The lowest BCUT2D eigenvalue weighted by Gasteiger charge is -2.40. The minimum absolute atomic E-state index is 0.132. The van der Waals surface area contributed by atoms with E-state index in [1.54, 1.807) is 25.1 Å².